The van der Waals surface area contributed by atoms with Crippen molar-refractivity contribution in [3.63, 3.8) is 0 Å². The zero-order valence-corrected chi connectivity index (χ0v) is 19.3. The molecule has 182 valence electrons. The van der Waals surface area contributed by atoms with Crippen molar-refractivity contribution in [2.24, 2.45) is 0 Å². The highest BCUT2D eigenvalue weighted by Gasteiger charge is 2.14. The number of carbonyl (C=O) groups excluding carboxylic acids is 2. The Balaban J connectivity index is 1.44. The number of esters is 1. The van der Waals surface area contributed by atoms with Gasteiger partial charge in [-0.15, -0.1) is 0 Å². The first-order chi connectivity index (χ1) is 17.9. The summed E-state index contributed by atoms with van der Waals surface area (Å²) in [5.41, 5.74) is 2.75. The van der Waals surface area contributed by atoms with E-state index in [1.807, 2.05) is 60.7 Å². The third-order valence-electron chi connectivity index (χ3n) is 5.16. The van der Waals surface area contributed by atoms with E-state index in [4.69, 9.17) is 4.74 Å². The number of non-ortho nitro benzene ring substituents is 1. The average Bonchev–Trinajstić information content (AvgIpc) is 3.36. The monoisotopic (exact) mass is 493 g/mol. The lowest BCUT2D eigenvalue weighted by Crippen LogP contribution is -2.20. The third-order valence-corrected chi connectivity index (χ3v) is 5.16. The molecule has 0 fully saturated rings. The molecule has 1 aromatic heterocycles. The van der Waals surface area contributed by atoms with Crippen LogP contribution in [0.3, 0.4) is 0 Å². The lowest BCUT2D eigenvalue weighted by molar-refractivity contribution is -0.384. The maximum atomic E-state index is 12.3. The van der Waals surface area contributed by atoms with Crippen molar-refractivity contribution in [3.8, 4) is 23.0 Å². The predicted octanol–water partition coefficient (Wildman–Crippen LogP) is 4.51. The number of para-hydroxylation sites is 1. The fraction of sp³-hybridized carbons (Fsp3) is 0.0370. The highest BCUT2D eigenvalue weighted by molar-refractivity contribution is 5.96. The minimum atomic E-state index is -0.758. The lowest BCUT2D eigenvalue weighted by atomic mass is 10.1. The van der Waals surface area contributed by atoms with Gasteiger partial charge in [-0.1, -0.05) is 48.5 Å². The van der Waals surface area contributed by atoms with Crippen LogP contribution in [0, 0.1) is 21.4 Å². The van der Waals surface area contributed by atoms with Crippen LogP contribution < -0.4 is 5.32 Å². The van der Waals surface area contributed by atoms with Crippen LogP contribution in [0.25, 0.3) is 23.0 Å². The summed E-state index contributed by atoms with van der Waals surface area (Å²) in [6.45, 7) is -0.611. The Labute approximate surface area is 211 Å². The number of nitrogens with one attached hydrogen (secondary N) is 1. The number of hydrogen-bond donors (Lipinski definition) is 1. The molecule has 0 aliphatic carbocycles. The van der Waals surface area contributed by atoms with E-state index in [1.165, 1.54) is 12.1 Å². The molecule has 0 spiro atoms. The minimum Gasteiger partial charge on any atom is -0.452 e. The van der Waals surface area contributed by atoms with Crippen molar-refractivity contribution in [1.29, 1.82) is 5.26 Å². The van der Waals surface area contributed by atoms with Crippen LogP contribution in [-0.4, -0.2) is 33.2 Å². The van der Waals surface area contributed by atoms with Gasteiger partial charge in [-0.05, 0) is 24.3 Å². The molecule has 0 atom stereocenters. The van der Waals surface area contributed by atoms with Crippen molar-refractivity contribution in [2.45, 2.75) is 0 Å². The maximum Gasteiger partial charge on any atom is 0.331 e. The quantitative estimate of drug-likeness (QED) is 0.165. The number of nitriles is 1. The van der Waals surface area contributed by atoms with Gasteiger partial charge >= 0.3 is 5.97 Å². The van der Waals surface area contributed by atoms with E-state index in [0.29, 0.717) is 11.3 Å². The number of aromatic nitrogens is 2. The molecule has 0 aliphatic rings. The number of anilines is 1. The van der Waals surface area contributed by atoms with Crippen molar-refractivity contribution in [2.75, 3.05) is 11.9 Å². The molecule has 0 unspecified atom stereocenters. The predicted molar refractivity (Wildman–Crippen MR) is 135 cm³/mol. The molecular weight excluding hydrogens is 474 g/mol. The number of nitro groups is 1. The number of ether oxygens (including phenoxy) is 1. The van der Waals surface area contributed by atoms with Crippen LogP contribution in [0.4, 0.5) is 11.4 Å². The molecule has 1 amide bonds. The third kappa shape index (κ3) is 6.12. The van der Waals surface area contributed by atoms with Crippen molar-refractivity contribution >= 4 is 29.3 Å². The van der Waals surface area contributed by atoms with Gasteiger partial charge in [-0.25, -0.2) is 9.48 Å². The number of carbonyl (C=O) groups is 2. The zero-order valence-electron chi connectivity index (χ0n) is 19.3. The van der Waals surface area contributed by atoms with E-state index < -0.39 is 23.4 Å². The van der Waals surface area contributed by atoms with Crippen molar-refractivity contribution in [3.05, 3.63) is 112 Å². The molecule has 37 heavy (non-hydrogen) atoms. The second-order valence-corrected chi connectivity index (χ2v) is 7.67. The maximum absolute atomic E-state index is 12.3. The summed E-state index contributed by atoms with van der Waals surface area (Å²) in [6, 6.07) is 24.2. The molecule has 1 heterocycles. The number of rotatable bonds is 8. The number of nitro benzene ring substituents is 1. The Kier molecular flexibility index (Phi) is 7.46. The van der Waals surface area contributed by atoms with Gasteiger partial charge in [0.1, 0.15) is 6.07 Å². The van der Waals surface area contributed by atoms with E-state index in [0.717, 1.165) is 23.4 Å². The fourth-order valence-corrected chi connectivity index (χ4v) is 3.42. The summed E-state index contributed by atoms with van der Waals surface area (Å²) in [7, 11) is 0. The summed E-state index contributed by atoms with van der Waals surface area (Å²) < 4.78 is 6.72. The first kappa shape index (κ1) is 24.6. The van der Waals surface area contributed by atoms with Gasteiger partial charge in [0, 0.05) is 35.5 Å². The van der Waals surface area contributed by atoms with Crippen LogP contribution in [0.15, 0.2) is 91.1 Å². The van der Waals surface area contributed by atoms with Gasteiger partial charge in [-0.2, -0.15) is 10.4 Å². The SMILES string of the molecule is N#Cc1cc([N+](=O)[O-])ccc1NC(=O)COC(=O)/C=C/c1cn(-c2ccccc2)nc1-c1ccccc1. The molecule has 10 nitrogen and oxygen atoms in total. The number of hydrogen-bond acceptors (Lipinski definition) is 7. The van der Waals surface area contributed by atoms with Crippen LogP contribution in [-0.2, 0) is 14.3 Å². The molecular formula is C27H19N5O5. The molecule has 4 aromatic rings. The molecule has 0 aliphatic heterocycles. The van der Waals surface area contributed by atoms with Crippen LogP contribution in [0.1, 0.15) is 11.1 Å². The number of benzene rings is 3. The molecule has 4 rings (SSSR count). The number of amides is 1. The highest BCUT2D eigenvalue weighted by Crippen LogP contribution is 2.25. The van der Waals surface area contributed by atoms with Gasteiger partial charge in [0.25, 0.3) is 11.6 Å². The first-order valence-electron chi connectivity index (χ1n) is 11.0. The second kappa shape index (κ2) is 11.2. The molecule has 0 saturated heterocycles. The Morgan fingerprint density at radius 1 is 1.08 bits per heavy atom. The largest absolute Gasteiger partial charge is 0.452 e. The van der Waals surface area contributed by atoms with Crippen LogP contribution in [0.2, 0.25) is 0 Å². The van der Waals surface area contributed by atoms with Gasteiger partial charge in [0.05, 0.1) is 27.6 Å². The van der Waals surface area contributed by atoms with Gasteiger partial charge in [0.15, 0.2) is 6.61 Å². The smallest absolute Gasteiger partial charge is 0.331 e. The summed E-state index contributed by atoms with van der Waals surface area (Å²) in [5.74, 6) is -1.46. The van der Waals surface area contributed by atoms with Gasteiger partial charge < -0.3 is 10.1 Å². The fourth-order valence-electron chi connectivity index (χ4n) is 3.42. The standard InChI is InChI=1S/C27H19N5O5/c28-16-21-15-23(32(35)36)12-13-24(21)29-25(33)18-37-26(34)14-11-20-17-31(22-9-5-2-6-10-22)30-27(20)19-7-3-1-4-8-19/h1-15,17H,18H2,(H,29,33)/b14-11+. The Bertz CT molecular complexity index is 1520. The zero-order chi connectivity index (χ0) is 26.2. The Morgan fingerprint density at radius 3 is 2.46 bits per heavy atom. The van der Waals surface area contributed by atoms with E-state index >= 15 is 0 Å². The van der Waals surface area contributed by atoms with Crippen LogP contribution >= 0.6 is 0 Å². The number of nitrogens with zero attached hydrogens (tertiary/aromatic N) is 4. The highest BCUT2D eigenvalue weighted by atomic mass is 16.6. The first-order valence-corrected chi connectivity index (χ1v) is 11.0. The average molecular weight is 493 g/mol. The summed E-state index contributed by atoms with van der Waals surface area (Å²) in [5, 5.41) is 27.1. The summed E-state index contributed by atoms with van der Waals surface area (Å²) in [4.78, 5) is 34.7. The van der Waals surface area contributed by atoms with E-state index in [-0.39, 0.29) is 16.9 Å². The molecule has 10 heteroatoms. The topological polar surface area (TPSA) is 140 Å². The van der Waals surface area contributed by atoms with Gasteiger partial charge in [-0.3, -0.25) is 14.9 Å². The summed E-state index contributed by atoms with van der Waals surface area (Å²) >= 11 is 0. The molecule has 0 radical (unpaired) electrons. The van der Waals surface area contributed by atoms with E-state index in [9.17, 15) is 25.0 Å². The van der Waals surface area contributed by atoms with E-state index in [1.54, 1.807) is 23.0 Å². The molecule has 1 N–H and O–H groups in total. The lowest BCUT2D eigenvalue weighted by Gasteiger charge is -2.07. The molecule has 0 saturated carbocycles. The summed E-state index contributed by atoms with van der Waals surface area (Å²) in [6.07, 6.45) is 4.53. The minimum absolute atomic E-state index is 0.0746. The Morgan fingerprint density at radius 2 is 1.78 bits per heavy atom. The van der Waals surface area contributed by atoms with Crippen molar-refractivity contribution < 1.29 is 19.2 Å². The van der Waals surface area contributed by atoms with Crippen LogP contribution in [0.5, 0.6) is 0 Å². The van der Waals surface area contributed by atoms with Crippen molar-refractivity contribution in [1.82, 2.24) is 9.78 Å². The molecule has 0 bridgehead atoms. The molecule has 3 aromatic carbocycles. The Hall–Kier alpha value is -5.56. The van der Waals surface area contributed by atoms with E-state index in [2.05, 4.69) is 10.4 Å². The van der Waals surface area contributed by atoms with Gasteiger partial charge in [0.2, 0.25) is 0 Å². The second-order valence-electron chi connectivity index (χ2n) is 7.67. The normalized spacial score (nSPS) is 10.6.